The van der Waals surface area contributed by atoms with Crippen LogP contribution in [-0.4, -0.2) is 22.4 Å². The molecule has 2 heteroatoms. The van der Waals surface area contributed by atoms with Gasteiger partial charge in [0.2, 0.25) is 0 Å². The lowest BCUT2D eigenvalue weighted by molar-refractivity contribution is 0.0830. The van der Waals surface area contributed by atoms with E-state index in [1.54, 1.807) is 0 Å². The highest BCUT2D eigenvalue weighted by molar-refractivity contribution is 5.06. The van der Waals surface area contributed by atoms with Crippen molar-refractivity contribution in [3.05, 3.63) is 12.2 Å². The van der Waals surface area contributed by atoms with E-state index in [4.69, 9.17) is 4.74 Å². The second-order valence-electron chi connectivity index (χ2n) is 6.68. The van der Waals surface area contributed by atoms with Crippen LogP contribution in [0.5, 0.6) is 0 Å². The zero-order valence-electron chi connectivity index (χ0n) is 11.6. The summed E-state index contributed by atoms with van der Waals surface area (Å²) in [6.45, 7) is 8.55. The number of hydrogen-bond donors (Lipinski definition) is 1. The predicted octanol–water partition coefficient (Wildman–Crippen LogP) is 3.30. The van der Waals surface area contributed by atoms with Gasteiger partial charge in [-0.25, -0.2) is 0 Å². The van der Waals surface area contributed by atoms with Crippen LogP contribution in [0.3, 0.4) is 0 Å². The summed E-state index contributed by atoms with van der Waals surface area (Å²) < 4.78 is 5.62. The van der Waals surface area contributed by atoms with Crippen molar-refractivity contribution in [3.8, 4) is 0 Å². The van der Waals surface area contributed by atoms with E-state index in [9.17, 15) is 5.11 Å². The molecule has 2 nitrogen and oxygen atoms in total. The van der Waals surface area contributed by atoms with E-state index in [0.29, 0.717) is 17.9 Å². The van der Waals surface area contributed by atoms with Crippen LogP contribution in [0.4, 0.5) is 0 Å². The minimum Gasteiger partial charge on any atom is -0.386 e. The molecule has 0 aromatic heterocycles. The van der Waals surface area contributed by atoms with Gasteiger partial charge < -0.3 is 9.84 Å². The summed E-state index contributed by atoms with van der Waals surface area (Å²) >= 11 is 0. The predicted molar refractivity (Wildman–Crippen MR) is 69.8 cm³/mol. The molecular weight excluding hydrogens is 212 g/mol. The standard InChI is InChI=1S/C15H26O2/c1-11(5-6-13-14(2,3)17-13)12-7-9-15(4,16)10-8-12/h7,9,11-13,16H,5-6,8,10H2,1-4H3/t11-,12+,13+,15-/m0/s1. The van der Waals surface area contributed by atoms with Gasteiger partial charge in [0.15, 0.2) is 0 Å². The highest BCUT2D eigenvalue weighted by Crippen LogP contribution is 2.40. The molecule has 1 heterocycles. The molecule has 0 bridgehead atoms. The smallest absolute Gasteiger partial charge is 0.0892 e. The molecule has 0 unspecified atom stereocenters. The maximum atomic E-state index is 9.86. The van der Waals surface area contributed by atoms with Gasteiger partial charge in [-0.1, -0.05) is 19.1 Å². The van der Waals surface area contributed by atoms with Crippen molar-refractivity contribution in [2.45, 2.75) is 70.7 Å². The van der Waals surface area contributed by atoms with Crippen LogP contribution < -0.4 is 0 Å². The quantitative estimate of drug-likeness (QED) is 0.602. The highest BCUT2D eigenvalue weighted by atomic mass is 16.6. The average molecular weight is 238 g/mol. The fourth-order valence-electron chi connectivity index (χ4n) is 2.81. The van der Waals surface area contributed by atoms with Crippen molar-refractivity contribution in [1.29, 1.82) is 0 Å². The van der Waals surface area contributed by atoms with Crippen molar-refractivity contribution in [2.24, 2.45) is 11.8 Å². The Bertz CT molecular complexity index is 304. The van der Waals surface area contributed by atoms with Gasteiger partial charge in [-0.15, -0.1) is 0 Å². The summed E-state index contributed by atoms with van der Waals surface area (Å²) in [5, 5.41) is 9.86. The van der Waals surface area contributed by atoms with Crippen molar-refractivity contribution >= 4 is 0 Å². The fourth-order valence-corrected chi connectivity index (χ4v) is 2.81. The Morgan fingerprint density at radius 3 is 2.53 bits per heavy atom. The first-order valence-corrected chi connectivity index (χ1v) is 6.90. The Morgan fingerprint density at radius 2 is 2.06 bits per heavy atom. The van der Waals surface area contributed by atoms with Crippen LogP contribution in [-0.2, 0) is 4.74 Å². The van der Waals surface area contributed by atoms with E-state index in [2.05, 4.69) is 26.8 Å². The Labute approximate surface area is 105 Å². The topological polar surface area (TPSA) is 32.8 Å². The second kappa shape index (κ2) is 4.40. The van der Waals surface area contributed by atoms with Crippen LogP contribution in [0.25, 0.3) is 0 Å². The largest absolute Gasteiger partial charge is 0.386 e. The molecule has 2 aliphatic rings. The van der Waals surface area contributed by atoms with Crippen molar-refractivity contribution in [1.82, 2.24) is 0 Å². The van der Waals surface area contributed by atoms with Crippen LogP contribution in [0.2, 0.25) is 0 Å². The highest BCUT2D eigenvalue weighted by Gasteiger charge is 2.47. The van der Waals surface area contributed by atoms with Gasteiger partial charge in [-0.05, 0) is 58.3 Å². The SMILES string of the molecule is C[C@@H](CC[C@H]1OC1(C)C)[C@@H]1C=C[C@](C)(O)CC1. The molecule has 1 aliphatic heterocycles. The number of aliphatic hydroxyl groups is 1. The molecule has 1 N–H and O–H groups in total. The minimum absolute atomic E-state index is 0.131. The number of rotatable bonds is 4. The van der Waals surface area contributed by atoms with E-state index >= 15 is 0 Å². The van der Waals surface area contributed by atoms with Gasteiger partial charge in [0.1, 0.15) is 0 Å². The lowest BCUT2D eigenvalue weighted by atomic mass is 9.78. The molecule has 98 valence electrons. The first-order chi connectivity index (χ1) is 7.80. The summed E-state index contributed by atoms with van der Waals surface area (Å²) in [7, 11) is 0. The van der Waals surface area contributed by atoms with Crippen molar-refractivity contribution in [2.75, 3.05) is 0 Å². The van der Waals surface area contributed by atoms with Crippen LogP contribution >= 0.6 is 0 Å². The van der Waals surface area contributed by atoms with Crippen LogP contribution in [0.1, 0.15) is 53.4 Å². The van der Waals surface area contributed by atoms with Crippen LogP contribution in [0, 0.1) is 11.8 Å². The van der Waals surface area contributed by atoms with E-state index in [0.717, 1.165) is 12.8 Å². The number of hydrogen-bond acceptors (Lipinski definition) is 2. The molecule has 0 spiro atoms. The van der Waals surface area contributed by atoms with Gasteiger partial charge in [0, 0.05) is 0 Å². The maximum Gasteiger partial charge on any atom is 0.0892 e. The molecule has 0 amide bonds. The fraction of sp³-hybridized carbons (Fsp3) is 0.867. The first-order valence-electron chi connectivity index (χ1n) is 6.90. The summed E-state index contributed by atoms with van der Waals surface area (Å²) in [6, 6.07) is 0. The van der Waals surface area contributed by atoms with Gasteiger partial charge >= 0.3 is 0 Å². The molecule has 2 rings (SSSR count). The molecule has 0 aromatic carbocycles. The zero-order chi connectivity index (χ0) is 12.7. The lowest BCUT2D eigenvalue weighted by Crippen LogP contribution is -2.27. The molecule has 1 saturated heterocycles. The number of ether oxygens (including phenoxy) is 1. The molecule has 0 saturated carbocycles. The Kier molecular flexibility index (Phi) is 3.39. The normalized spacial score (nSPS) is 41.2. The van der Waals surface area contributed by atoms with E-state index in [1.807, 2.05) is 13.0 Å². The molecule has 1 fully saturated rings. The van der Waals surface area contributed by atoms with Crippen LogP contribution in [0.15, 0.2) is 12.2 Å². The Hall–Kier alpha value is -0.340. The molecule has 0 aromatic rings. The van der Waals surface area contributed by atoms with Gasteiger partial charge in [-0.2, -0.15) is 0 Å². The Morgan fingerprint density at radius 1 is 1.41 bits per heavy atom. The van der Waals surface area contributed by atoms with E-state index in [1.165, 1.54) is 12.8 Å². The summed E-state index contributed by atoms with van der Waals surface area (Å²) in [5.41, 5.74) is -0.441. The van der Waals surface area contributed by atoms with E-state index < -0.39 is 5.60 Å². The number of epoxide rings is 1. The van der Waals surface area contributed by atoms with Crippen molar-refractivity contribution in [3.63, 3.8) is 0 Å². The molecular formula is C15H26O2. The van der Waals surface area contributed by atoms with Crippen molar-refractivity contribution < 1.29 is 9.84 Å². The maximum absolute atomic E-state index is 9.86. The van der Waals surface area contributed by atoms with E-state index in [-0.39, 0.29) is 5.60 Å². The average Bonchev–Trinajstić information content (AvgIpc) is 2.83. The van der Waals surface area contributed by atoms with Gasteiger partial charge in [-0.3, -0.25) is 0 Å². The summed E-state index contributed by atoms with van der Waals surface area (Å²) in [6.07, 6.45) is 9.08. The first kappa shape index (κ1) is 13.1. The monoisotopic (exact) mass is 238 g/mol. The molecule has 4 atom stereocenters. The van der Waals surface area contributed by atoms with Gasteiger partial charge in [0.25, 0.3) is 0 Å². The second-order valence-corrected chi connectivity index (χ2v) is 6.68. The third kappa shape index (κ3) is 3.32. The summed E-state index contributed by atoms with van der Waals surface area (Å²) in [4.78, 5) is 0. The summed E-state index contributed by atoms with van der Waals surface area (Å²) in [5.74, 6) is 1.33. The lowest BCUT2D eigenvalue weighted by Gasteiger charge is -2.30. The third-order valence-corrected chi connectivity index (χ3v) is 4.47. The minimum atomic E-state index is -0.572. The molecule has 17 heavy (non-hydrogen) atoms. The van der Waals surface area contributed by atoms with Gasteiger partial charge in [0.05, 0.1) is 17.3 Å². The number of allylic oxidation sites excluding steroid dienone is 1. The third-order valence-electron chi connectivity index (χ3n) is 4.47. The molecule has 0 radical (unpaired) electrons. The zero-order valence-corrected chi connectivity index (χ0v) is 11.6. The molecule has 1 aliphatic carbocycles. The Balaban J connectivity index is 1.76.